The summed E-state index contributed by atoms with van der Waals surface area (Å²) in [5.74, 6) is -0.112. The number of carbonyl (C=O) groups excluding carboxylic acids is 1. The highest BCUT2D eigenvalue weighted by molar-refractivity contribution is 5.87. The lowest BCUT2D eigenvalue weighted by Crippen LogP contribution is -2.45. The summed E-state index contributed by atoms with van der Waals surface area (Å²) in [5.41, 5.74) is 0.862. The normalized spacial score (nSPS) is 20.4. The van der Waals surface area contributed by atoms with Crippen LogP contribution in [-0.4, -0.2) is 43.7 Å². The molecular formula is C14H22N2O3. The number of esters is 1. The van der Waals surface area contributed by atoms with Gasteiger partial charge in [0.25, 0.3) is 0 Å². The highest BCUT2D eigenvalue weighted by Crippen LogP contribution is 2.14. The molecule has 0 spiro atoms. The van der Waals surface area contributed by atoms with Gasteiger partial charge < -0.3 is 19.4 Å². The van der Waals surface area contributed by atoms with Crippen LogP contribution in [0.3, 0.4) is 0 Å². The van der Waals surface area contributed by atoms with E-state index in [-0.39, 0.29) is 0 Å². The first-order valence-electron chi connectivity index (χ1n) is 6.85. The number of furan rings is 1. The molecule has 0 bridgehead atoms. The lowest BCUT2D eigenvalue weighted by molar-refractivity contribution is 0.0563. The molecule has 1 aliphatic heterocycles. The monoisotopic (exact) mass is 266 g/mol. The number of piperidine rings is 1. The van der Waals surface area contributed by atoms with E-state index >= 15 is 0 Å². The molecule has 1 atom stereocenters. The van der Waals surface area contributed by atoms with E-state index in [1.807, 2.05) is 6.07 Å². The molecule has 1 aromatic heterocycles. The van der Waals surface area contributed by atoms with Crippen molar-refractivity contribution in [2.75, 3.05) is 26.7 Å². The van der Waals surface area contributed by atoms with E-state index < -0.39 is 5.97 Å². The summed E-state index contributed by atoms with van der Waals surface area (Å²) >= 11 is 0. The fraction of sp³-hybridized carbons (Fsp3) is 0.643. The van der Waals surface area contributed by atoms with Crippen molar-refractivity contribution >= 4 is 5.97 Å². The summed E-state index contributed by atoms with van der Waals surface area (Å²) in [5, 5.41) is 3.50. The number of hydrogen-bond acceptors (Lipinski definition) is 5. The largest absolute Gasteiger partial charge is 0.463 e. The van der Waals surface area contributed by atoms with Gasteiger partial charge in [0.15, 0.2) is 0 Å². The predicted molar refractivity (Wildman–Crippen MR) is 72.0 cm³/mol. The Morgan fingerprint density at radius 1 is 1.63 bits per heavy atom. The van der Waals surface area contributed by atoms with Gasteiger partial charge in [-0.2, -0.15) is 0 Å². The first-order chi connectivity index (χ1) is 9.24. The fourth-order valence-electron chi connectivity index (χ4n) is 2.51. The third kappa shape index (κ3) is 3.58. The van der Waals surface area contributed by atoms with Crippen molar-refractivity contribution < 1.29 is 13.9 Å². The number of methoxy groups -OCH3 is 1. The van der Waals surface area contributed by atoms with Crippen LogP contribution in [0, 0.1) is 0 Å². The molecule has 1 aromatic rings. The Morgan fingerprint density at radius 2 is 2.47 bits per heavy atom. The van der Waals surface area contributed by atoms with Crippen LogP contribution in [0.5, 0.6) is 0 Å². The maximum Gasteiger partial charge on any atom is 0.374 e. The van der Waals surface area contributed by atoms with E-state index in [1.165, 1.54) is 32.8 Å². The van der Waals surface area contributed by atoms with Crippen LogP contribution in [0.2, 0.25) is 0 Å². The van der Waals surface area contributed by atoms with Crippen LogP contribution >= 0.6 is 0 Å². The van der Waals surface area contributed by atoms with Gasteiger partial charge in [0, 0.05) is 24.7 Å². The maximum atomic E-state index is 11.5. The second kappa shape index (κ2) is 6.73. The van der Waals surface area contributed by atoms with Gasteiger partial charge in [0.05, 0.1) is 13.4 Å². The minimum Gasteiger partial charge on any atom is -0.463 e. The smallest absolute Gasteiger partial charge is 0.374 e. The quantitative estimate of drug-likeness (QED) is 0.821. The zero-order valence-electron chi connectivity index (χ0n) is 11.6. The Balaban J connectivity index is 1.88. The molecule has 5 heteroatoms. The van der Waals surface area contributed by atoms with Crippen molar-refractivity contribution in [2.45, 2.75) is 32.4 Å². The van der Waals surface area contributed by atoms with Gasteiger partial charge in [-0.15, -0.1) is 0 Å². The van der Waals surface area contributed by atoms with Crippen LogP contribution < -0.4 is 5.32 Å². The van der Waals surface area contributed by atoms with Crippen LogP contribution in [0.1, 0.15) is 35.9 Å². The van der Waals surface area contributed by atoms with Crippen molar-refractivity contribution in [3.8, 4) is 0 Å². The van der Waals surface area contributed by atoms with Gasteiger partial charge in [0.2, 0.25) is 5.76 Å². The molecule has 0 radical (unpaired) electrons. The summed E-state index contributed by atoms with van der Waals surface area (Å²) in [6, 6.07) is 2.30. The number of nitrogens with zero attached hydrogens (tertiary/aromatic N) is 1. The lowest BCUT2D eigenvalue weighted by atomic mass is 10.1. The van der Waals surface area contributed by atoms with Crippen molar-refractivity contribution in [3.05, 3.63) is 23.7 Å². The molecule has 106 valence electrons. The second-order valence-corrected chi connectivity index (χ2v) is 4.88. The van der Waals surface area contributed by atoms with E-state index in [0.29, 0.717) is 18.3 Å². The average molecular weight is 266 g/mol. The van der Waals surface area contributed by atoms with Gasteiger partial charge in [-0.05, 0) is 32.0 Å². The third-order valence-electron chi connectivity index (χ3n) is 3.65. The molecule has 5 nitrogen and oxygen atoms in total. The van der Waals surface area contributed by atoms with Crippen molar-refractivity contribution in [1.29, 1.82) is 0 Å². The number of likely N-dealkylation sites (N-methyl/N-ethyl adjacent to an activating group) is 1. The van der Waals surface area contributed by atoms with Gasteiger partial charge >= 0.3 is 5.97 Å². The Bertz CT molecular complexity index is 417. The number of nitrogens with one attached hydrogen (secondary N) is 1. The molecule has 1 aliphatic rings. The van der Waals surface area contributed by atoms with Gasteiger partial charge in [0.1, 0.15) is 0 Å². The molecule has 2 rings (SSSR count). The summed E-state index contributed by atoms with van der Waals surface area (Å²) < 4.78 is 9.87. The van der Waals surface area contributed by atoms with Crippen LogP contribution in [0.25, 0.3) is 0 Å². The van der Waals surface area contributed by atoms with E-state index in [9.17, 15) is 4.79 Å². The second-order valence-electron chi connectivity index (χ2n) is 4.88. The summed E-state index contributed by atoms with van der Waals surface area (Å²) in [6.07, 6.45) is 3.94. The minimum atomic E-state index is -0.416. The SMILES string of the molecule is CCN1CCCC(NCc2ccoc2C(=O)OC)C1. The topological polar surface area (TPSA) is 54.7 Å². The zero-order valence-corrected chi connectivity index (χ0v) is 11.6. The molecule has 1 fully saturated rings. The number of carbonyl (C=O) groups is 1. The maximum absolute atomic E-state index is 11.5. The fourth-order valence-corrected chi connectivity index (χ4v) is 2.51. The molecule has 1 unspecified atom stereocenters. The van der Waals surface area contributed by atoms with Crippen molar-refractivity contribution in [1.82, 2.24) is 10.2 Å². The lowest BCUT2D eigenvalue weighted by Gasteiger charge is -2.32. The van der Waals surface area contributed by atoms with E-state index in [0.717, 1.165) is 18.7 Å². The average Bonchev–Trinajstić information content (AvgIpc) is 2.93. The summed E-state index contributed by atoms with van der Waals surface area (Å²) in [4.78, 5) is 13.9. The molecule has 19 heavy (non-hydrogen) atoms. The van der Waals surface area contributed by atoms with E-state index in [4.69, 9.17) is 9.15 Å². The highest BCUT2D eigenvalue weighted by atomic mass is 16.5. The number of ether oxygens (including phenoxy) is 1. The van der Waals surface area contributed by atoms with E-state index in [1.54, 1.807) is 0 Å². The zero-order chi connectivity index (χ0) is 13.7. The number of hydrogen-bond donors (Lipinski definition) is 1. The number of rotatable bonds is 5. The summed E-state index contributed by atoms with van der Waals surface area (Å²) in [6.45, 7) is 6.18. The highest BCUT2D eigenvalue weighted by Gasteiger charge is 2.20. The van der Waals surface area contributed by atoms with Crippen molar-refractivity contribution in [2.24, 2.45) is 0 Å². The minimum absolute atomic E-state index is 0.304. The standard InChI is InChI=1S/C14H22N2O3/c1-3-16-7-4-5-12(10-16)15-9-11-6-8-19-13(11)14(17)18-2/h6,8,12,15H,3-5,7,9-10H2,1-2H3. The molecule has 1 N–H and O–H groups in total. The van der Waals surface area contributed by atoms with Gasteiger partial charge in [-0.1, -0.05) is 6.92 Å². The third-order valence-corrected chi connectivity index (χ3v) is 3.65. The Kier molecular flexibility index (Phi) is 4.99. The molecule has 0 saturated carbocycles. The van der Waals surface area contributed by atoms with E-state index in [2.05, 4.69) is 17.1 Å². The van der Waals surface area contributed by atoms with Crippen molar-refractivity contribution in [3.63, 3.8) is 0 Å². The first kappa shape index (κ1) is 14.1. The molecule has 2 heterocycles. The molecular weight excluding hydrogens is 244 g/mol. The summed E-state index contributed by atoms with van der Waals surface area (Å²) in [7, 11) is 1.36. The van der Waals surface area contributed by atoms with Gasteiger partial charge in [-0.25, -0.2) is 4.79 Å². The first-order valence-corrected chi connectivity index (χ1v) is 6.85. The predicted octanol–water partition coefficient (Wildman–Crippen LogP) is 1.64. The Labute approximate surface area is 113 Å². The Hall–Kier alpha value is -1.33. The van der Waals surface area contributed by atoms with Crippen LogP contribution in [0.4, 0.5) is 0 Å². The molecule has 0 aliphatic carbocycles. The number of likely N-dealkylation sites (tertiary alicyclic amines) is 1. The van der Waals surface area contributed by atoms with Gasteiger partial charge in [-0.3, -0.25) is 0 Å². The molecule has 0 amide bonds. The van der Waals surface area contributed by atoms with Crippen LogP contribution in [-0.2, 0) is 11.3 Å². The Morgan fingerprint density at radius 3 is 3.21 bits per heavy atom. The van der Waals surface area contributed by atoms with Crippen LogP contribution in [0.15, 0.2) is 16.7 Å². The molecule has 1 saturated heterocycles. The molecule has 0 aromatic carbocycles.